The van der Waals surface area contributed by atoms with Crippen LogP contribution in [0.15, 0.2) is 54.7 Å². The van der Waals surface area contributed by atoms with Crippen LogP contribution in [0.3, 0.4) is 0 Å². The SMILES string of the molecule is Cc1ccc(Oc2ccc(CCNc3nc(N)nc4[nH]ncc34)cc2)cc1. The second kappa shape index (κ2) is 7.33. The Labute approximate surface area is 156 Å². The molecule has 27 heavy (non-hydrogen) atoms. The molecule has 0 aliphatic carbocycles. The fraction of sp³-hybridized carbons (Fsp3) is 0.150. The summed E-state index contributed by atoms with van der Waals surface area (Å²) in [5.41, 5.74) is 8.77. The van der Waals surface area contributed by atoms with Crippen molar-refractivity contribution in [1.29, 1.82) is 0 Å². The molecule has 4 aromatic rings. The van der Waals surface area contributed by atoms with Crippen molar-refractivity contribution in [1.82, 2.24) is 20.2 Å². The van der Waals surface area contributed by atoms with Crippen LogP contribution in [0, 0.1) is 6.92 Å². The van der Waals surface area contributed by atoms with Crippen LogP contribution in [0.5, 0.6) is 11.5 Å². The number of nitrogens with one attached hydrogen (secondary N) is 2. The third-order valence-electron chi connectivity index (χ3n) is 4.21. The molecule has 0 amide bonds. The van der Waals surface area contributed by atoms with Crippen LogP contribution in [-0.2, 0) is 6.42 Å². The molecule has 0 aliphatic heterocycles. The number of aromatic amines is 1. The van der Waals surface area contributed by atoms with Crippen molar-refractivity contribution in [2.45, 2.75) is 13.3 Å². The van der Waals surface area contributed by atoms with Crippen LogP contribution in [0.25, 0.3) is 11.0 Å². The van der Waals surface area contributed by atoms with Crippen molar-refractivity contribution < 1.29 is 4.74 Å². The van der Waals surface area contributed by atoms with Crippen molar-refractivity contribution in [3.8, 4) is 11.5 Å². The number of aryl methyl sites for hydroxylation is 1. The van der Waals surface area contributed by atoms with E-state index in [4.69, 9.17) is 10.5 Å². The maximum Gasteiger partial charge on any atom is 0.224 e. The monoisotopic (exact) mass is 360 g/mol. The van der Waals surface area contributed by atoms with Crippen molar-refractivity contribution in [3.63, 3.8) is 0 Å². The lowest BCUT2D eigenvalue weighted by Crippen LogP contribution is -2.08. The first-order valence-electron chi connectivity index (χ1n) is 8.71. The summed E-state index contributed by atoms with van der Waals surface area (Å²) in [5, 5.41) is 10.9. The molecule has 0 saturated heterocycles. The molecule has 0 saturated carbocycles. The van der Waals surface area contributed by atoms with E-state index < -0.39 is 0 Å². The Bertz CT molecular complexity index is 1040. The molecule has 0 spiro atoms. The number of H-pyrrole nitrogens is 1. The predicted molar refractivity (Wildman–Crippen MR) is 106 cm³/mol. The van der Waals surface area contributed by atoms with E-state index in [0.717, 1.165) is 29.9 Å². The van der Waals surface area contributed by atoms with Gasteiger partial charge in [-0.05, 0) is 43.2 Å². The maximum absolute atomic E-state index is 5.86. The van der Waals surface area contributed by atoms with Crippen LogP contribution >= 0.6 is 0 Å². The Hall–Kier alpha value is -3.61. The summed E-state index contributed by atoms with van der Waals surface area (Å²) in [4.78, 5) is 8.35. The number of nitrogen functional groups attached to an aromatic ring is 1. The van der Waals surface area contributed by atoms with Gasteiger partial charge in [-0.1, -0.05) is 29.8 Å². The number of hydrogen-bond donors (Lipinski definition) is 3. The minimum absolute atomic E-state index is 0.215. The van der Waals surface area contributed by atoms with E-state index in [0.29, 0.717) is 11.5 Å². The van der Waals surface area contributed by atoms with Gasteiger partial charge in [0.2, 0.25) is 5.95 Å². The lowest BCUT2D eigenvalue weighted by atomic mass is 10.1. The van der Waals surface area contributed by atoms with E-state index in [1.54, 1.807) is 6.20 Å². The van der Waals surface area contributed by atoms with Gasteiger partial charge in [-0.3, -0.25) is 5.10 Å². The summed E-state index contributed by atoms with van der Waals surface area (Å²) >= 11 is 0. The molecule has 2 aromatic heterocycles. The molecule has 2 aromatic carbocycles. The standard InChI is InChI=1S/C20H20N6O/c1-13-2-6-15(7-3-13)27-16-8-4-14(5-9-16)10-11-22-18-17-12-23-26-19(17)25-20(21)24-18/h2-9,12H,10-11H2,1H3,(H4,21,22,23,24,25,26). The zero-order chi connectivity index (χ0) is 18.6. The Balaban J connectivity index is 1.36. The number of benzene rings is 2. The lowest BCUT2D eigenvalue weighted by Gasteiger charge is -2.09. The molecule has 0 unspecified atom stereocenters. The fourth-order valence-electron chi connectivity index (χ4n) is 2.78. The van der Waals surface area contributed by atoms with Crippen molar-refractivity contribution in [2.24, 2.45) is 0 Å². The molecule has 7 nitrogen and oxygen atoms in total. The van der Waals surface area contributed by atoms with Gasteiger partial charge in [0, 0.05) is 6.54 Å². The number of nitrogens with zero attached hydrogens (tertiary/aromatic N) is 3. The largest absolute Gasteiger partial charge is 0.457 e. The van der Waals surface area contributed by atoms with Gasteiger partial charge in [0.15, 0.2) is 5.65 Å². The maximum atomic E-state index is 5.86. The van der Waals surface area contributed by atoms with Crippen LogP contribution in [0.4, 0.5) is 11.8 Å². The highest BCUT2D eigenvalue weighted by Crippen LogP contribution is 2.22. The van der Waals surface area contributed by atoms with E-state index in [1.165, 1.54) is 11.1 Å². The van der Waals surface area contributed by atoms with Gasteiger partial charge in [0.05, 0.1) is 11.6 Å². The predicted octanol–water partition coefficient (Wildman–Crippen LogP) is 3.69. The first-order valence-corrected chi connectivity index (χ1v) is 8.71. The van der Waals surface area contributed by atoms with Gasteiger partial charge in [-0.15, -0.1) is 0 Å². The van der Waals surface area contributed by atoms with Crippen LogP contribution < -0.4 is 15.8 Å². The minimum atomic E-state index is 0.215. The highest BCUT2D eigenvalue weighted by molar-refractivity contribution is 5.86. The van der Waals surface area contributed by atoms with Crippen LogP contribution in [0.2, 0.25) is 0 Å². The molecule has 0 radical (unpaired) electrons. The highest BCUT2D eigenvalue weighted by Gasteiger charge is 2.07. The zero-order valence-corrected chi connectivity index (χ0v) is 14.9. The topological polar surface area (TPSA) is 102 Å². The molecule has 0 atom stereocenters. The smallest absolute Gasteiger partial charge is 0.224 e. The molecule has 7 heteroatoms. The summed E-state index contributed by atoms with van der Waals surface area (Å²) in [5.74, 6) is 2.55. The molecular weight excluding hydrogens is 340 g/mol. The molecule has 4 rings (SSSR count). The summed E-state index contributed by atoms with van der Waals surface area (Å²) in [6.45, 7) is 2.77. The van der Waals surface area contributed by atoms with Gasteiger partial charge < -0.3 is 15.8 Å². The lowest BCUT2D eigenvalue weighted by molar-refractivity contribution is 0.482. The number of ether oxygens (including phenoxy) is 1. The number of nitrogens with two attached hydrogens (primary N) is 1. The average molecular weight is 360 g/mol. The third-order valence-corrected chi connectivity index (χ3v) is 4.21. The third kappa shape index (κ3) is 3.98. The molecule has 4 N–H and O–H groups in total. The Morgan fingerprint density at radius 2 is 1.70 bits per heavy atom. The van der Waals surface area contributed by atoms with E-state index in [-0.39, 0.29) is 5.95 Å². The second-order valence-corrected chi connectivity index (χ2v) is 6.30. The number of fused-ring (bicyclic) bond motifs is 1. The Kier molecular flexibility index (Phi) is 4.57. The highest BCUT2D eigenvalue weighted by atomic mass is 16.5. The number of anilines is 2. The number of aromatic nitrogens is 4. The van der Waals surface area contributed by atoms with Gasteiger partial charge in [0.1, 0.15) is 17.3 Å². The van der Waals surface area contributed by atoms with E-state index >= 15 is 0 Å². The number of hydrogen-bond acceptors (Lipinski definition) is 6. The summed E-state index contributed by atoms with van der Waals surface area (Å²) in [7, 11) is 0. The molecule has 2 heterocycles. The normalized spacial score (nSPS) is 10.9. The second-order valence-electron chi connectivity index (χ2n) is 6.30. The van der Waals surface area contributed by atoms with Crippen molar-refractivity contribution in [2.75, 3.05) is 17.6 Å². The average Bonchev–Trinajstić information content (AvgIpc) is 3.13. The molecule has 0 aliphatic rings. The van der Waals surface area contributed by atoms with Gasteiger partial charge >= 0.3 is 0 Å². The Morgan fingerprint density at radius 3 is 2.44 bits per heavy atom. The Morgan fingerprint density at radius 1 is 1.00 bits per heavy atom. The van der Waals surface area contributed by atoms with Crippen LogP contribution in [0.1, 0.15) is 11.1 Å². The van der Waals surface area contributed by atoms with E-state index in [9.17, 15) is 0 Å². The molecule has 136 valence electrons. The fourth-order valence-corrected chi connectivity index (χ4v) is 2.78. The quantitative estimate of drug-likeness (QED) is 0.485. The zero-order valence-electron chi connectivity index (χ0n) is 14.9. The number of rotatable bonds is 6. The molecule has 0 bridgehead atoms. The first-order chi connectivity index (χ1) is 13.2. The van der Waals surface area contributed by atoms with Crippen LogP contribution in [-0.4, -0.2) is 26.7 Å². The molecule has 0 fully saturated rings. The summed E-state index contributed by atoms with van der Waals surface area (Å²) in [6.07, 6.45) is 2.53. The van der Waals surface area contributed by atoms with Gasteiger partial charge in [-0.25, -0.2) is 0 Å². The van der Waals surface area contributed by atoms with Gasteiger partial charge in [-0.2, -0.15) is 15.1 Å². The minimum Gasteiger partial charge on any atom is -0.457 e. The van der Waals surface area contributed by atoms with Crippen molar-refractivity contribution in [3.05, 3.63) is 65.9 Å². The van der Waals surface area contributed by atoms with Crippen molar-refractivity contribution >= 4 is 22.8 Å². The van der Waals surface area contributed by atoms with Gasteiger partial charge in [0.25, 0.3) is 0 Å². The summed E-state index contributed by atoms with van der Waals surface area (Å²) in [6, 6.07) is 16.1. The van der Waals surface area contributed by atoms with E-state index in [2.05, 4.69) is 44.5 Å². The first kappa shape index (κ1) is 16.8. The van der Waals surface area contributed by atoms with E-state index in [1.807, 2.05) is 36.4 Å². The molecular formula is C20H20N6O. The summed E-state index contributed by atoms with van der Waals surface area (Å²) < 4.78 is 5.86.